The van der Waals surface area contributed by atoms with E-state index in [4.69, 9.17) is 5.73 Å². The summed E-state index contributed by atoms with van der Waals surface area (Å²) in [6, 6.07) is 14.9. The van der Waals surface area contributed by atoms with Gasteiger partial charge >= 0.3 is 0 Å². The Kier molecular flexibility index (Phi) is 3.84. The van der Waals surface area contributed by atoms with Crippen LogP contribution in [-0.4, -0.2) is 12.5 Å². The van der Waals surface area contributed by atoms with Crippen molar-refractivity contribution in [3.8, 4) is 0 Å². The molecule has 3 N–H and O–H groups in total. The second-order valence-electron chi connectivity index (χ2n) is 5.95. The molecule has 1 aliphatic rings. The van der Waals surface area contributed by atoms with Gasteiger partial charge in [-0.25, -0.2) is 4.39 Å². The number of aliphatic imine (C=N–C) groups is 1. The minimum Gasteiger partial charge on any atom is -0.370 e. The zero-order valence-electron chi connectivity index (χ0n) is 12.6. The zero-order valence-corrected chi connectivity index (χ0v) is 12.6. The Morgan fingerprint density at radius 1 is 1.18 bits per heavy atom. The largest absolute Gasteiger partial charge is 0.370 e. The van der Waals surface area contributed by atoms with Crippen LogP contribution in [0.15, 0.2) is 53.5 Å². The van der Waals surface area contributed by atoms with Crippen LogP contribution in [-0.2, 0) is 5.41 Å². The fraction of sp³-hybridized carbons (Fsp3) is 0.278. The van der Waals surface area contributed by atoms with Crippen LogP contribution in [0.1, 0.15) is 24.0 Å². The van der Waals surface area contributed by atoms with Gasteiger partial charge < -0.3 is 11.1 Å². The highest BCUT2D eigenvalue weighted by molar-refractivity contribution is 5.92. The number of nitrogens with zero attached hydrogens (tertiary/aromatic N) is 1. The molecule has 22 heavy (non-hydrogen) atoms. The van der Waals surface area contributed by atoms with E-state index >= 15 is 0 Å². The van der Waals surface area contributed by atoms with Crippen molar-refractivity contribution >= 4 is 11.6 Å². The summed E-state index contributed by atoms with van der Waals surface area (Å²) in [5.74, 6) is 0.215. The van der Waals surface area contributed by atoms with Crippen molar-refractivity contribution in [2.45, 2.75) is 25.2 Å². The minimum absolute atomic E-state index is 0.153. The molecule has 0 amide bonds. The molecule has 1 saturated carbocycles. The maximum atomic E-state index is 13.9. The Labute approximate surface area is 130 Å². The molecule has 0 unspecified atom stereocenters. The summed E-state index contributed by atoms with van der Waals surface area (Å²) >= 11 is 0. The molecule has 1 fully saturated rings. The van der Waals surface area contributed by atoms with Gasteiger partial charge in [0.15, 0.2) is 5.96 Å². The molecule has 0 heterocycles. The number of hydrogen-bond donors (Lipinski definition) is 2. The number of rotatable bonds is 4. The topological polar surface area (TPSA) is 50.4 Å². The first-order chi connectivity index (χ1) is 10.6. The number of aryl methyl sites for hydroxylation is 1. The van der Waals surface area contributed by atoms with Crippen LogP contribution < -0.4 is 11.1 Å². The highest BCUT2D eigenvalue weighted by Crippen LogP contribution is 2.49. The van der Waals surface area contributed by atoms with E-state index in [-0.39, 0.29) is 11.2 Å². The summed E-state index contributed by atoms with van der Waals surface area (Å²) in [6.07, 6.45) is 1.91. The first-order valence-electron chi connectivity index (χ1n) is 7.48. The normalized spacial score (nSPS) is 16.4. The molecule has 1 aliphatic carbocycles. The summed E-state index contributed by atoms with van der Waals surface area (Å²) in [5, 5.41) is 3.07. The van der Waals surface area contributed by atoms with Crippen LogP contribution in [0.5, 0.6) is 0 Å². The first-order valence-corrected chi connectivity index (χ1v) is 7.48. The van der Waals surface area contributed by atoms with Crippen LogP contribution >= 0.6 is 0 Å². The number of anilines is 1. The van der Waals surface area contributed by atoms with Crippen LogP contribution in [0.2, 0.25) is 0 Å². The molecule has 3 nitrogen and oxygen atoms in total. The standard InChI is InChI=1S/C18H20FN3/c1-13-6-8-14(9-7-13)22-17(20)21-12-18(10-11-18)15-4-2-3-5-16(15)19/h2-9H,10-12H2,1H3,(H3,20,21,22). The molecule has 114 valence electrons. The molecular weight excluding hydrogens is 277 g/mol. The highest BCUT2D eigenvalue weighted by atomic mass is 19.1. The summed E-state index contributed by atoms with van der Waals surface area (Å²) in [5.41, 5.74) is 8.61. The number of nitrogens with two attached hydrogens (primary N) is 1. The molecule has 0 spiro atoms. The Bertz CT molecular complexity index is 688. The zero-order chi connectivity index (χ0) is 15.6. The van der Waals surface area contributed by atoms with Gasteiger partial charge in [0.2, 0.25) is 0 Å². The number of hydrogen-bond acceptors (Lipinski definition) is 1. The van der Waals surface area contributed by atoms with Crippen LogP contribution in [0.3, 0.4) is 0 Å². The van der Waals surface area contributed by atoms with Gasteiger partial charge in [-0.15, -0.1) is 0 Å². The van der Waals surface area contributed by atoms with E-state index in [2.05, 4.69) is 10.3 Å². The highest BCUT2D eigenvalue weighted by Gasteiger charge is 2.45. The molecule has 0 radical (unpaired) electrons. The Morgan fingerprint density at radius 2 is 1.86 bits per heavy atom. The summed E-state index contributed by atoms with van der Waals surface area (Å²) < 4.78 is 13.9. The molecule has 0 atom stereocenters. The minimum atomic E-state index is -0.176. The lowest BCUT2D eigenvalue weighted by molar-refractivity contribution is 0.573. The van der Waals surface area contributed by atoms with Crippen molar-refractivity contribution in [2.75, 3.05) is 11.9 Å². The van der Waals surface area contributed by atoms with Crippen molar-refractivity contribution < 1.29 is 4.39 Å². The Hall–Kier alpha value is -2.36. The van der Waals surface area contributed by atoms with E-state index in [1.807, 2.05) is 43.3 Å². The third-order valence-corrected chi connectivity index (χ3v) is 4.17. The third kappa shape index (κ3) is 3.11. The van der Waals surface area contributed by atoms with Gasteiger partial charge in [-0.3, -0.25) is 4.99 Å². The molecule has 0 saturated heterocycles. The summed E-state index contributed by atoms with van der Waals surface area (Å²) in [4.78, 5) is 4.41. The second kappa shape index (κ2) is 5.79. The van der Waals surface area contributed by atoms with E-state index in [9.17, 15) is 4.39 Å². The van der Waals surface area contributed by atoms with Gasteiger partial charge in [-0.2, -0.15) is 0 Å². The van der Waals surface area contributed by atoms with Crippen LogP contribution in [0, 0.1) is 12.7 Å². The van der Waals surface area contributed by atoms with Crippen LogP contribution in [0.25, 0.3) is 0 Å². The monoisotopic (exact) mass is 297 g/mol. The molecule has 2 aromatic rings. The average Bonchev–Trinajstić information content (AvgIpc) is 3.29. The van der Waals surface area contributed by atoms with E-state index in [0.29, 0.717) is 12.5 Å². The van der Waals surface area contributed by atoms with Gasteiger partial charge in [0, 0.05) is 11.1 Å². The van der Waals surface area contributed by atoms with Gasteiger partial charge in [-0.05, 0) is 43.5 Å². The Balaban J connectivity index is 1.68. The van der Waals surface area contributed by atoms with Gasteiger partial charge in [0.05, 0.1) is 6.54 Å². The number of halogens is 1. The van der Waals surface area contributed by atoms with E-state index in [1.165, 1.54) is 11.6 Å². The van der Waals surface area contributed by atoms with Gasteiger partial charge in [-0.1, -0.05) is 35.9 Å². The Morgan fingerprint density at radius 3 is 2.50 bits per heavy atom. The average molecular weight is 297 g/mol. The predicted molar refractivity (Wildman–Crippen MR) is 88.6 cm³/mol. The fourth-order valence-corrected chi connectivity index (χ4v) is 2.62. The molecule has 0 bridgehead atoms. The number of guanidine groups is 1. The van der Waals surface area contributed by atoms with Crippen molar-refractivity contribution in [1.82, 2.24) is 0 Å². The fourth-order valence-electron chi connectivity index (χ4n) is 2.62. The summed E-state index contributed by atoms with van der Waals surface area (Å²) in [6.45, 7) is 2.55. The van der Waals surface area contributed by atoms with E-state index in [1.54, 1.807) is 6.07 Å². The smallest absolute Gasteiger partial charge is 0.193 e. The van der Waals surface area contributed by atoms with Crippen molar-refractivity contribution in [3.05, 3.63) is 65.5 Å². The first kappa shape index (κ1) is 14.6. The third-order valence-electron chi connectivity index (χ3n) is 4.17. The molecule has 4 heteroatoms. The maximum absolute atomic E-state index is 13.9. The molecular formula is C18H20FN3. The van der Waals surface area contributed by atoms with Crippen molar-refractivity contribution in [2.24, 2.45) is 10.7 Å². The van der Waals surface area contributed by atoms with Crippen LogP contribution in [0.4, 0.5) is 10.1 Å². The summed E-state index contributed by atoms with van der Waals surface area (Å²) in [7, 11) is 0. The SMILES string of the molecule is Cc1ccc(NC(N)=NCC2(c3ccccc3F)CC2)cc1. The van der Waals surface area contributed by atoms with E-state index in [0.717, 1.165) is 24.1 Å². The lowest BCUT2D eigenvalue weighted by Gasteiger charge is -2.14. The molecule has 2 aromatic carbocycles. The number of nitrogens with one attached hydrogen (secondary N) is 1. The maximum Gasteiger partial charge on any atom is 0.193 e. The quantitative estimate of drug-likeness (QED) is 0.669. The molecule has 3 rings (SSSR count). The van der Waals surface area contributed by atoms with E-state index < -0.39 is 0 Å². The lowest BCUT2D eigenvalue weighted by Crippen LogP contribution is -2.25. The second-order valence-corrected chi connectivity index (χ2v) is 5.95. The number of benzene rings is 2. The van der Waals surface area contributed by atoms with Crippen molar-refractivity contribution in [3.63, 3.8) is 0 Å². The predicted octanol–water partition coefficient (Wildman–Crippen LogP) is 3.59. The molecule has 0 aliphatic heterocycles. The lowest BCUT2D eigenvalue weighted by atomic mass is 9.95. The van der Waals surface area contributed by atoms with Crippen molar-refractivity contribution in [1.29, 1.82) is 0 Å². The van der Waals surface area contributed by atoms with Gasteiger partial charge in [0.1, 0.15) is 5.82 Å². The molecule has 0 aromatic heterocycles. The van der Waals surface area contributed by atoms with Gasteiger partial charge in [0.25, 0.3) is 0 Å².